The predicted octanol–water partition coefficient (Wildman–Crippen LogP) is 3.16. The number of hydrogen-bond acceptors (Lipinski definition) is 1. The average molecular weight is 250 g/mol. The summed E-state index contributed by atoms with van der Waals surface area (Å²) in [6, 6.07) is 3.64. The van der Waals surface area contributed by atoms with Crippen molar-refractivity contribution in [1.82, 2.24) is 0 Å². The van der Waals surface area contributed by atoms with Gasteiger partial charge in [-0.1, -0.05) is 24.6 Å². The van der Waals surface area contributed by atoms with Crippen molar-refractivity contribution in [2.75, 3.05) is 0 Å². The molecule has 1 N–H and O–H groups in total. The topological polar surface area (TPSA) is 20.2 Å². The van der Waals surface area contributed by atoms with Gasteiger partial charge in [0.2, 0.25) is 0 Å². The summed E-state index contributed by atoms with van der Waals surface area (Å²) >= 11 is 9.28. The van der Waals surface area contributed by atoms with Gasteiger partial charge >= 0.3 is 0 Å². The Hall–Kier alpha value is -0.0500. The van der Waals surface area contributed by atoms with Crippen LogP contribution in [0.4, 0.5) is 0 Å². The van der Waals surface area contributed by atoms with E-state index in [9.17, 15) is 0 Å². The summed E-state index contributed by atoms with van der Waals surface area (Å²) in [4.78, 5) is 0. The third-order valence-electron chi connectivity index (χ3n) is 1.82. The zero-order chi connectivity index (χ0) is 9.14. The van der Waals surface area contributed by atoms with Gasteiger partial charge in [0.1, 0.15) is 0 Å². The molecule has 1 nitrogen and oxygen atoms in total. The van der Waals surface area contributed by atoms with Crippen LogP contribution in [0, 0.1) is 0 Å². The molecule has 0 aliphatic heterocycles. The zero-order valence-corrected chi connectivity index (χ0v) is 9.11. The van der Waals surface area contributed by atoms with E-state index in [1.807, 2.05) is 13.0 Å². The highest BCUT2D eigenvalue weighted by molar-refractivity contribution is 9.10. The lowest BCUT2D eigenvalue weighted by molar-refractivity contribution is 0.280. The van der Waals surface area contributed by atoms with E-state index in [1.54, 1.807) is 6.07 Å². The van der Waals surface area contributed by atoms with Crippen LogP contribution in [-0.4, -0.2) is 5.11 Å². The van der Waals surface area contributed by atoms with Gasteiger partial charge in [0, 0.05) is 4.47 Å². The molecule has 1 aromatic rings. The summed E-state index contributed by atoms with van der Waals surface area (Å²) in [5.74, 6) is 0. The summed E-state index contributed by atoms with van der Waals surface area (Å²) < 4.78 is 0.901. The molecule has 0 amide bonds. The van der Waals surface area contributed by atoms with Gasteiger partial charge < -0.3 is 5.11 Å². The van der Waals surface area contributed by atoms with Gasteiger partial charge in [0.05, 0.1) is 11.6 Å². The molecule has 0 spiro atoms. The Kier molecular flexibility index (Phi) is 3.56. The molecule has 1 rings (SSSR count). The van der Waals surface area contributed by atoms with Crippen LogP contribution < -0.4 is 0 Å². The molecular weight excluding hydrogens is 239 g/mol. The molecule has 0 aromatic heterocycles. The van der Waals surface area contributed by atoms with Crippen LogP contribution in [-0.2, 0) is 13.0 Å². The number of halogens is 2. The van der Waals surface area contributed by atoms with Crippen LogP contribution in [0.2, 0.25) is 5.02 Å². The smallest absolute Gasteiger partial charge is 0.0684 e. The first kappa shape index (κ1) is 10.0. The van der Waals surface area contributed by atoms with Crippen molar-refractivity contribution in [3.63, 3.8) is 0 Å². The maximum absolute atomic E-state index is 9.00. The first-order valence-electron chi connectivity index (χ1n) is 3.77. The van der Waals surface area contributed by atoms with E-state index in [0.717, 1.165) is 22.0 Å². The van der Waals surface area contributed by atoms with Gasteiger partial charge in [0.15, 0.2) is 0 Å². The van der Waals surface area contributed by atoms with E-state index < -0.39 is 0 Å². The fraction of sp³-hybridized carbons (Fsp3) is 0.333. The lowest BCUT2D eigenvalue weighted by atomic mass is 10.1. The van der Waals surface area contributed by atoms with Crippen molar-refractivity contribution in [2.24, 2.45) is 0 Å². The van der Waals surface area contributed by atoms with E-state index >= 15 is 0 Å². The molecule has 66 valence electrons. The molecule has 0 aliphatic rings. The van der Waals surface area contributed by atoms with Crippen molar-refractivity contribution in [3.05, 3.63) is 32.8 Å². The summed E-state index contributed by atoms with van der Waals surface area (Å²) in [7, 11) is 0. The van der Waals surface area contributed by atoms with Gasteiger partial charge in [-0.25, -0.2) is 0 Å². The van der Waals surface area contributed by atoms with Crippen LogP contribution >= 0.6 is 27.5 Å². The van der Waals surface area contributed by atoms with Gasteiger partial charge in [-0.15, -0.1) is 0 Å². The molecule has 0 saturated heterocycles. The van der Waals surface area contributed by atoms with Crippen molar-refractivity contribution in [1.29, 1.82) is 0 Å². The molecule has 0 fully saturated rings. The Bertz CT molecular complexity index is 286. The number of hydrogen-bond donors (Lipinski definition) is 1. The predicted molar refractivity (Wildman–Crippen MR) is 54.5 cm³/mol. The first-order valence-corrected chi connectivity index (χ1v) is 4.94. The van der Waals surface area contributed by atoms with E-state index in [1.165, 1.54) is 0 Å². The van der Waals surface area contributed by atoms with Crippen LogP contribution in [0.5, 0.6) is 0 Å². The highest BCUT2D eigenvalue weighted by Gasteiger charge is 2.06. The Labute approximate surface area is 85.5 Å². The summed E-state index contributed by atoms with van der Waals surface area (Å²) in [6.07, 6.45) is 0.872. The normalized spacial score (nSPS) is 10.3. The van der Waals surface area contributed by atoms with Crippen LogP contribution in [0.25, 0.3) is 0 Å². The van der Waals surface area contributed by atoms with Crippen molar-refractivity contribution in [2.45, 2.75) is 20.0 Å². The van der Waals surface area contributed by atoms with E-state index in [4.69, 9.17) is 16.7 Å². The van der Waals surface area contributed by atoms with Crippen LogP contribution in [0.1, 0.15) is 18.1 Å². The Morgan fingerprint density at radius 2 is 2.17 bits per heavy atom. The molecule has 0 unspecified atom stereocenters. The maximum Gasteiger partial charge on any atom is 0.0684 e. The summed E-state index contributed by atoms with van der Waals surface area (Å²) in [5, 5.41) is 9.70. The highest BCUT2D eigenvalue weighted by atomic mass is 79.9. The van der Waals surface area contributed by atoms with E-state index in [0.29, 0.717) is 5.02 Å². The Morgan fingerprint density at radius 1 is 1.50 bits per heavy atom. The third kappa shape index (κ3) is 1.82. The summed E-state index contributed by atoms with van der Waals surface area (Å²) in [6.45, 7) is 2.11. The van der Waals surface area contributed by atoms with E-state index in [-0.39, 0.29) is 6.61 Å². The average Bonchev–Trinajstić information content (AvgIpc) is 2.09. The monoisotopic (exact) mass is 248 g/mol. The number of benzene rings is 1. The summed E-state index contributed by atoms with van der Waals surface area (Å²) in [5.41, 5.74) is 2.03. The molecular formula is C9H10BrClO. The molecule has 12 heavy (non-hydrogen) atoms. The van der Waals surface area contributed by atoms with Crippen molar-refractivity contribution < 1.29 is 5.11 Å². The fourth-order valence-electron chi connectivity index (χ4n) is 1.16. The zero-order valence-electron chi connectivity index (χ0n) is 6.77. The number of aliphatic hydroxyl groups excluding tert-OH is 1. The molecule has 0 radical (unpaired) electrons. The Morgan fingerprint density at radius 3 is 2.67 bits per heavy atom. The lowest BCUT2D eigenvalue weighted by Gasteiger charge is -2.08. The minimum absolute atomic E-state index is 0.0684. The first-order chi connectivity index (χ1) is 5.70. The van der Waals surface area contributed by atoms with Gasteiger partial charge in [-0.2, -0.15) is 0 Å². The molecule has 1 aromatic carbocycles. The number of rotatable bonds is 2. The second kappa shape index (κ2) is 4.26. The molecule has 0 atom stereocenters. The lowest BCUT2D eigenvalue weighted by Crippen LogP contribution is -1.93. The number of aliphatic hydroxyl groups is 1. The molecule has 3 heteroatoms. The van der Waals surface area contributed by atoms with Crippen LogP contribution in [0.15, 0.2) is 16.6 Å². The van der Waals surface area contributed by atoms with Crippen molar-refractivity contribution in [3.8, 4) is 0 Å². The molecule has 0 aliphatic carbocycles. The van der Waals surface area contributed by atoms with Gasteiger partial charge in [0.25, 0.3) is 0 Å². The molecule has 0 bridgehead atoms. The standard InChI is InChI=1S/C9H10BrClO/c1-2-7-6(5-12)3-4-8(11)9(7)10/h3-4,12H,2,5H2,1H3. The van der Waals surface area contributed by atoms with Gasteiger partial charge in [-0.3, -0.25) is 0 Å². The SMILES string of the molecule is CCc1c(CO)ccc(Cl)c1Br. The quantitative estimate of drug-likeness (QED) is 0.854. The van der Waals surface area contributed by atoms with Gasteiger partial charge in [-0.05, 0) is 39.5 Å². The fourth-order valence-corrected chi connectivity index (χ4v) is 2.01. The minimum atomic E-state index is 0.0684. The minimum Gasteiger partial charge on any atom is -0.392 e. The molecule has 0 saturated carbocycles. The van der Waals surface area contributed by atoms with Crippen LogP contribution in [0.3, 0.4) is 0 Å². The molecule has 0 heterocycles. The third-order valence-corrected chi connectivity index (χ3v) is 3.27. The second-order valence-corrected chi connectivity index (χ2v) is 3.71. The Balaban J connectivity index is 3.25. The highest BCUT2D eigenvalue weighted by Crippen LogP contribution is 2.29. The second-order valence-electron chi connectivity index (χ2n) is 2.51. The largest absolute Gasteiger partial charge is 0.392 e. The maximum atomic E-state index is 9.00. The van der Waals surface area contributed by atoms with Crippen molar-refractivity contribution >= 4 is 27.5 Å². The van der Waals surface area contributed by atoms with E-state index in [2.05, 4.69) is 15.9 Å².